The standard InChI is InChI=1S/C10H20N2O2.ClH/c1-10(2,3)6-12-9(13)7-4-14-5-8(7)11;/h7-8H,4-6,11H2,1-3H3,(H,12,13);1H/t7-,8+;/m0./s1. The molecule has 0 radical (unpaired) electrons. The normalized spacial score (nSPS) is 25.9. The molecule has 4 nitrogen and oxygen atoms in total. The molecule has 5 heteroatoms. The molecule has 0 unspecified atom stereocenters. The minimum Gasteiger partial charge on any atom is -0.379 e. The Morgan fingerprint density at radius 3 is 2.47 bits per heavy atom. The van der Waals surface area contributed by atoms with Crippen LogP contribution >= 0.6 is 12.4 Å². The molecule has 0 aromatic carbocycles. The minimum atomic E-state index is -0.169. The monoisotopic (exact) mass is 236 g/mol. The summed E-state index contributed by atoms with van der Waals surface area (Å²) in [6, 6.07) is -0.144. The van der Waals surface area contributed by atoms with Crippen molar-refractivity contribution < 1.29 is 9.53 Å². The first-order valence-corrected chi connectivity index (χ1v) is 5.01. The molecule has 0 aromatic rings. The maximum atomic E-state index is 11.6. The maximum absolute atomic E-state index is 11.6. The SMILES string of the molecule is CC(C)(C)CNC(=O)[C@H]1COC[C@H]1N.Cl. The summed E-state index contributed by atoms with van der Waals surface area (Å²) in [4.78, 5) is 11.6. The number of halogens is 1. The molecule has 1 heterocycles. The van der Waals surface area contributed by atoms with Crippen LogP contribution in [0.15, 0.2) is 0 Å². The Kier molecular flexibility index (Phi) is 5.56. The number of rotatable bonds is 2. The molecule has 0 aliphatic carbocycles. The van der Waals surface area contributed by atoms with E-state index in [-0.39, 0.29) is 35.7 Å². The van der Waals surface area contributed by atoms with Gasteiger partial charge in [0, 0.05) is 12.6 Å². The van der Waals surface area contributed by atoms with Gasteiger partial charge in [0.05, 0.1) is 19.1 Å². The van der Waals surface area contributed by atoms with Crippen LogP contribution in [0, 0.1) is 11.3 Å². The first kappa shape index (κ1) is 14.7. The smallest absolute Gasteiger partial charge is 0.227 e. The number of carbonyl (C=O) groups excluding carboxylic acids is 1. The molecule has 1 saturated heterocycles. The highest BCUT2D eigenvalue weighted by atomic mass is 35.5. The summed E-state index contributed by atoms with van der Waals surface area (Å²) in [5, 5.41) is 2.90. The Labute approximate surface area is 97.3 Å². The molecule has 0 saturated carbocycles. The van der Waals surface area contributed by atoms with Gasteiger partial charge in [-0.25, -0.2) is 0 Å². The van der Waals surface area contributed by atoms with Crippen LogP contribution in [0.2, 0.25) is 0 Å². The van der Waals surface area contributed by atoms with Gasteiger partial charge >= 0.3 is 0 Å². The van der Waals surface area contributed by atoms with E-state index in [0.29, 0.717) is 19.8 Å². The molecule has 2 atom stereocenters. The van der Waals surface area contributed by atoms with Crippen LogP contribution in [0.1, 0.15) is 20.8 Å². The zero-order chi connectivity index (χ0) is 10.8. The highest BCUT2D eigenvalue weighted by Crippen LogP contribution is 2.14. The molecular formula is C10H21ClN2O2. The van der Waals surface area contributed by atoms with Gasteiger partial charge in [-0.05, 0) is 5.41 Å². The van der Waals surface area contributed by atoms with Gasteiger partial charge in [0.25, 0.3) is 0 Å². The number of nitrogens with two attached hydrogens (primary N) is 1. The highest BCUT2D eigenvalue weighted by Gasteiger charge is 2.31. The van der Waals surface area contributed by atoms with Crippen molar-refractivity contribution in [1.82, 2.24) is 5.32 Å². The van der Waals surface area contributed by atoms with Gasteiger partial charge < -0.3 is 15.8 Å². The third-order valence-corrected chi connectivity index (χ3v) is 2.25. The largest absolute Gasteiger partial charge is 0.379 e. The fraction of sp³-hybridized carbons (Fsp3) is 0.900. The van der Waals surface area contributed by atoms with Crippen molar-refractivity contribution in [3.63, 3.8) is 0 Å². The van der Waals surface area contributed by atoms with Crippen molar-refractivity contribution >= 4 is 18.3 Å². The van der Waals surface area contributed by atoms with Crippen molar-refractivity contribution in [2.75, 3.05) is 19.8 Å². The summed E-state index contributed by atoms with van der Waals surface area (Å²) in [5.74, 6) is -0.151. The molecule has 0 spiro atoms. The number of hydrogen-bond donors (Lipinski definition) is 2. The summed E-state index contributed by atoms with van der Waals surface area (Å²) in [7, 11) is 0. The van der Waals surface area contributed by atoms with E-state index in [1.165, 1.54) is 0 Å². The van der Waals surface area contributed by atoms with Crippen LogP contribution in [0.4, 0.5) is 0 Å². The quantitative estimate of drug-likeness (QED) is 0.736. The van der Waals surface area contributed by atoms with E-state index >= 15 is 0 Å². The summed E-state index contributed by atoms with van der Waals surface area (Å²) in [6.45, 7) is 7.87. The lowest BCUT2D eigenvalue weighted by atomic mass is 9.96. The van der Waals surface area contributed by atoms with E-state index in [4.69, 9.17) is 10.5 Å². The second-order valence-corrected chi connectivity index (χ2v) is 5.09. The van der Waals surface area contributed by atoms with Crippen molar-refractivity contribution in [1.29, 1.82) is 0 Å². The van der Waals surface area contributed by atoms with Crippen molar-refractivity contribution in [2.24, 2.45) is 17.1 Å². The molecule has 1 amide bonds. The Bertz CT molecular complexity index is 216. The summed E-state index contributed by atoms with van der Waals surface area (Å²) in [5.41, 5.74) is 5.84. The Morgan fingerprint density at radius 2 is 2.07 bits per heavy atom. The van der Waals surface area contributed by atoms with E-state index in [2.05, 4.69) is 26.1 Å². The molecule has 3 N–H and O–H groups in total. The van der Waals surface area contributed by atoms with Gasteiger partial charge in [0.2, 0.25) is 5.91 Å². The molecule has 1 aliphatic rings. The average Bonchev–Trinajstić information content (AvgIpc) is 2.46. The Balaban J connectivity index is 0.00000196. The molecular weight excluding hydrogens is 216 g/mol. The van der Waals surface area contributed by atoms with E-state index < -0.39 is 0 Å². The van der Waals surface area contributed by atoms with Crippen LogP contribution in [0.5, 0.6) is 0 Å². The summed E-state index contributed by atoms with van der Waals surface area (Å²) < 4.78 is 5.14. The Hall–Kier alpha value is -0.320. The zero-order valence-electron chi connectivity index (χ0n) is 9.58. The summed E-state index contributed by atoms with van der Waals surface area (Å²) in [6.07, 6.45) is 0. The first-order chi connectivity index (χ1) is 6.40. The zero-order valence-corrected chi connectivity index (χ0v) is 10.4. The van der Waals surface area contributed by atoms with Gasteiger partial charge in [0.15, 0.2) is 0 Å². The summed E-state index contributed by atoms with van der Waals surface area (Å²) >= 11 is 0. The number of hydrogen-bond acceptors (Lipinski definition) is 3. The average molecular weight is 237 g/mol. The van der Waals surface area contributed by atoms with E-state index in [9.17, 15) is 4.79 Å². The second-order valence-electron chi connectivity index (χ2n) is 5.09. The number of ether oxygens (including phenoxy) is 1. The molecule has 1 fully saturated rings. The first-order valence-electron chi connectivity index (χ1n) is 5.01. The lowest BCUT2D eigenvalue weighted by Gasteiger charge is -2.21. The van der Waals surface area contributed by atoms with Crippen molar-refractivity contribution in [2.45, 2.75) is 26.8 Å². The molecule has 90 valence electrons. The topological polar surface area (TPSA) is 64.3 Å². The van der Waals surface area contributed by atoms with Gasteiger partial charge in [-0.3, -0.25) is 4.79 Å². The number of carbonyl (C=O) groups is 1. The van der Waals surface area contributed by atoms with Gasteiger partial charge in [-0.1, -0.05) is 20.8 Å². The number of nitrogens with one attached hydrogen (secondary N) is 1. The lowest BCUT2D eigenvalue weighted by Crippen LogP contribution is -2.43. The second kappa shape index (κ2) is 5.68. The van der Waals surface area contributed by atoms with Crippen molar-refractivity contribution in [3.8, 4) is 0 Å². The lowest BCUT2D eigenvalue weighted by molar-refractivity contribution is -0.125. The molecule has 1 rings (SSSR count). The predicted molar refractivity (Wildman–Crippen MR) is 62.0 cm³/mol. The van der Waals surface area contributed by atoms with E-state index in [0.717, 1.165) is 0 Å². The van der Waals surface area contributed by atoms with Gasteiger partial charge in [0.1, 0.15) is 0 Å². The number of amides is 1. The predicted octanol–water partition coefficient (Wildman–Crippen LogP) is 0.544. The fourth-order valence-electron chi connectivity index (χ4n) is 1.32. The van der Waals surface area contributed by atoms with Crippen LogP contribution in [0.25, 0.3) is 0 Å². The molecule has 15 heavy (non-hydrogen) atoms. The molecule has 1 aliphatic heterocycles. The van der Waals surface area contributed by atoms with Crippen molar-refractivity contribution in [3.05, 3.63) is 0 Å². The third-order valence-electron chi connectivity index (χ3n) is 2.25. The fourth-order valence-corrected chi connectivity index (χ4v) is 1.32. The van der Waals surface area contributed by atoms with Crippen LogP contribution in [0.3, 0.4) is 0 Å². The molecule has 0 aromatic heterocycles. The van der Waals surface area contributed by atoms with Crippen LogP contribution in [-0.4, -0.2) is 31.7 Å². The van der Waals surface area contributed by atoms with Gasteiger partial charge in [-0.2, -0.15) is 0 Å². The minimum absolute atomic E-state index is 0. The highest BCUT2D eigenvalue weighted by molar-refractivity contribution is 5.85. The van der Waals surface area contributed by atoms with E-state index in [1.807, 2.05) is 0 Å². The van der Waals surface area contributed by atoms with Crippen LogP contribution in [-0.2, 0) is 9.53 Å². The van der Waals surface area contributed by atoms with Gasteiger partial charge in [-0.15, -0.1) is 12.4 Å². The van der Waals surface area contributed by atoms with Crippen LogP contribution < -0.4 is 11.1 Å². The maximum Gasteiger partial charge on any atom is 0.227 e. The Morgan fingerprint density at radius 1 is 1.47 bits per heavy atom. The van der Waals surface area contributed by atoms with E-state index in [1.54, 1.807) is 0 Å². The third kappa shape index (κ3) is 4.82. The molecule has 0 bridgehead atoms.